The normalized spacial score (nSPS) is 12.9. The minimum atomic E-state index is -0.466. The standard InChI is InChI=1S/C11H19N3O/c1-7(2)10(12)11(15)13-14-8(3)5-6-9(14)4/h5-7,10H,12H2,1-4H3,(H,13,15)/t10-/m1/s1. The Kier molecular flexibility index (Phi) is 3.52. The fourth-order valence-electron chi connectivity index (χ4n) is 1.33. The van der Waals surface area contributed by atoms with E-state index in [1.165, 1.54) is 0 Å². The molecule has 0 radical (unpaired) electrons. The molecule has 1 aromatic rings. The third-order valence-electron chi connectivity index (χ3n) is 2.51. The summed E-state index contributed by atoms with van der Waals surface area (Å²) in [7, 11) is 0. The van der Waals surface area contributed by atoms with E-state index in [-0.39, 0.29) is 11.8 Å². The van der Waals surface area contributed by atoms with Crippen molar-refractivity contribution in [3.63, 3.8) is 0 Å². The largest absolute Gasteiger partial charge is 0.320 e. The number of nitrogens with zero attached hydrogens (tertiary/aromatic N) is 1. The molecular formula is C11H19N3O. The molecule has 3 N–H and O–H groups in total. The van der Waals surface area contributed by atoms with Gasteiger partial charge in [0.15, 0.2) is 0 Å². The molecule has 0 bridgehead atoms. The number of amides is 1. The number of nitrogens with one attached hydrogen (secondary N) is 1. The van der Waals surface area contributed by atoms with Gasteiger partial charge in [-0.2, -0.15) is 0 Å². The van der Waals surface area contributed by atoms with Crippen LogP contribution in [0.5, 0.6) is 0 Å². The van der Waals surface area contributed by atoms with Crippen molar-refractivity contribution in [3.05, 3.63) is 23.5 Å². The highest BCUT2D eigenvalue weighted by molar-refractivity contribution is 5.88. The van der Waals surface area contributed by atoms with Crippen LogP contribution in [0.3, 0.4) is 0 Å². The molecule has 0 saturated carbocycles. The summed E-state index contributed by atoms with van der Waals surface area (Å²) >= 11 is 0. The minimum Gasteiger partial charge on any atom is -0.320 e. The van der Waals surface area contributed by atoms with Crippen LogP contribution in [0.25, 0.3) is 0 Å². The molecule has 0 aliphatic carbocycles. The summed E-state index contributed by atoms with van der Waals surface area (Å²) in [6.07, 6.45) is 0. The van der Waals surface area contributed by atoms with Gasteiger partial charge in [0.25, 0.3) is 5.91 Å². The summed E-state index contributed by atoms with van der Waals surface area (Å²) in [6.45, 7) is 7.74. The summed E-state index contributed by atoms with van der Waals surface area (Å²) in [5.74, 6) is -0.00595. The molecule has 0 unspecified atom stereocenters. The second-order valence-electron chi connectivity index (χ2n) is 4.20. The zero-order valence-corrected chi connectivity index (χ0v) is 9.74. The average Bonchev–Trinajstić information content (AvgIpc) is 2.47. The second-order valence-corrected chi connectivity index (χ2v) is 4.20. The highest BCUT2D eigenvalue weighted by Crippen LogP contribution is 2.05. The van der Waals surface area contributed by atoms with Gasteiger partial charge >= 0.3 is 0 Å². The van der Waals surface area contributed by atoms with Gasteiger partial charge in [0.1, 0.15) is 0 Å². The Morgan fingerprint density at radius 2 is 1.80 bits per heavy atom. The molecule has 1 atom stereocenters. The summed E-state index contributed by atoms with van der Waals surface area (Å²) < 4.78 is 1.75. The Labute approximate surface area is 90.4 Å². The first-order chi connectivity index (χ1) is 6.93. The zero-order valence-electron chi connectivity index (χ0n) is 9.74. The van der Waals surface area contributed by atoms with Crippen LogP contribution < -0.4 is 11.2 Å². The summed E-state index contributed by atoms with van der Waals surface area (Å²) in [5, 5.41) is 0. The van der Waals surface area contributed by atoms with Crippen molar-refractivity contribution in [2.45, 2.75) is 33.7 Å². The van der Waals surface area contributed by atoms with Gasteiger partial charge in [-0.15, -0.1) is 0 Å². The lowest BCUT2D eigenvalue weighted by Gasteiger charge is -2.17. The molecule has 84 valence electrons. The van der Waals surface area contributed by atoms with Crippen LogP contribution in [0.4, 0.5) is 0 Å². The van der Waals surface area contributed by atoms with Gasteiger partial charge in [-0.1, -0.05) is 13.8 Å². The Bertz CT molecular complexity index is 335. The molecule has 0 aliphatic rings. The maximum Gasteiger partial charge on any atom is 0.255 e. The van der Waals surface area contributed by atoms with E-state index < -0.39 is 6.04 Å². The quantitative estimate of drug-likeness (QED) is 0.784. The topological polar surface area (TPSA) is 60.0 Å². The van der Waals surface area contributed by atoms with Crippen LogP contribution in [0.15, 0.2) is 12.1 Å². The minimum absolute atomic E-state index is 0.140. The number of aryl methyl sites for hydroxylation is 2. The number of hydrogen-bond acceptors (Lipinski definition) is 2. The Morgan fingerprint density at radius 3 is 2.20 bits per heavy atom. The van der Waals surface area contributed by atoms with E-state index in [0.29, 0.717) is 0 Å². The SMILES string of the molecule is Cc1ccc(C)n1NC(=O)[C@H](N)C(C)C. The van der Waals surface area contributed by atoms with Gasteiger partial charge < -0.3 is 5.73 Å². The highest BCUT2D eigenvalue weighted by Gasteiger charge is 2.17. The molecule has 1 heterocycles. The fourth-order valence-corrected chi connectivity index (χ4v) is 1.33. The van der Waals surface area contributed by atoms with Gasteiger partial charge in [0, 0.05) is 11.4 Å². The molecule has 1 aromatic heterocycles. The first-order valence-corrected chi connectivity index (χ1v) is 5.15. The molecule has 4 nitrogen and oxygen atoms in total. The van der Waals surface area contributed by atoms with Crippen LogP contribution in [-0.4, -0.2) is 16.6 Å². The summed E-state index contributed by atoms with van der Waals surface area (Å²) in [6, 6.07) is 3.44. The van der Waals surface area contributed by atoms with E-state index in [0.717, 1.165) is 11.4 Å². The van der Waals surface area contributed by atoms with Gasteiger partial charge in [-0.3, -0.25) is 14.9 Å². The molecule has 4 heteroatoms. The molecule has 0 spiro atoms. The van der Waals surface area contributed by atoms with Gasteiger partial charge in [-0.25, -0.2) is 0 Å². The van der Waals surface area contributed by atoms with Crippen molar-refractivity contribution in [2.24, 2.45) is 11.7 Å². The Hall–Kier alpha value is -1.29. The van der Waals surface area contributed by atoms with Crippen LogP contribution in [0, 0.1) is 19.8 Å². The first-order valence-electron chi connectivity index (χ1n) is 5.15. The van der Waals surface area contributed by atoms with E-state index in [4.69, 9.17) is 5.73 Å². The number of carbonyl (C=O) groups is 1. The lowest BCUT2D eigenvalue weighted by atomic mass is 10.1. The van der Waals surface area contributed by atoms with Crippen molar-refractivity contribution in [3.8, 4) is 0 Å². The van der Waals surface area contributed by atoms with E-state index >= 15 is 0 Å². The predicted octanol–water partition coefficient (Wildman–Crippen LogP) is 1.16. The van der Waals surface area contributed by atoms with Crippen molar-refractivity contribution >= 4 is 5.91 Å². The van der Waals surface area contributed by atoms with E-state index in [2.05, 4.69) is 5.43 Å². The summed E-state index contributed by atoms with van der Waals surface area (Å²) in [5.41, 5.74) is 10.5. The molecule has 0 aliphatic heterocycles. The van der Waals surface area contributed by atoms with Crippen molar-refractivity contribution in [1.29, 1.82) is 0 Å². The molecule has 1 rings (SSSR count). The van der Waals surface area contributed by atoms with Crippen LogP contribution in [-0.2, 0) is 4.79 Å². The van der Waals surface area contributed by atoms with Crippen LogP contribution in [0.2, 0.25) is 0 Å². The second kappa shape index (κ2) is 4.49. The average molecular weight is 209 g/mol. The third kappa shape index (κ3) is 2.59. The molecular weight excluding hydrogens is 190 g/mol. The molecule has 0 aromatic carbocycles. The Balaban J connectivity index is 2.75. The maximum absolute atomic E-state index is 11.7. The monoisotopic (exact) mass is 209 g/mol. The number of nitrogens with two attached hydrogens (primary N) is 1. The highest BCUT2D eigenvalue weighted by atomic mass is 16.2. The first kappa shape index (κ1) is 11.8. The molecule has 0 saturated heterocycles. The lowest BCUT2D eigenvalue weighted by molar-refractivity contribution is -0.119. The van der Waals surface area contributed by atoms with Crippen molar-refractivity contribution in [1.82, 2.24) is 4.68 Å². The molecule has 1 amide bonds. The molecule has 0 fully saturated rings. The van der Waals surface area contributed by atoms with Crippen LogP contribution in [0.1, 0.15) is 25.2 Å². The lowest BCUT2D eigenvalue weighted by Crippen LogP contribution is -2.43. The summed E-state index contributed by atoms with van der Waals surface area (Å²) in [4.78, 5) is 11.7. The van der Waals surface area contributed by atoms with E-state index in [9.17, 15) is 4.79 Å². The number of rotatable bonds is 3. The molecule has 15 heavy (non-hydrogen) atoms. The van der Waals surface area contributed by atoms with Crippen molar-refractivity contribution < 1.29 is 4.79 Å². The van der Waals surface area contributed by atoms with Gasteiger partial charge in [0.05, 0.1) is 6.04 Å². The Morgan fingerprint density at radius 1 is 1.33 bits per heavy atom. The zero-order chi connectivity index (χ0) is 11.6. The van der Waals surface area contributed by atoms with E-state index in [1.807, 2.05) is 39.8 Å². The van der Waals surface area contributed by atoms with Crippen molar-refractivity contribution in [2.75, 3.05) is 5.43 Å². The predicted molar refractivity (Wildman–Crippen MR) is 61.1 cm³/mol. The third-order valence-corrected chi connectivity index (χ3v) is 2.51. The van der Waals surface area contributed by atoms with E-state index in [1.54, 1.807) is 4.68 Å². The van der Waals surface area contributed by atoms with Crippen LogP contribution >= 0.6 is 0 Å². The number of carbonyl (C=O) groups excluding carboxylic acids is 1. The van der Waals surface area contributed by atoms with Gasteiger partial charge in [0.2, 0.25) is 0 Å². The smallest absolute Gasteiger partial charge is 0.255 e. The fraction of sp³-hybridized carbons (Fsp3) is 0.545. The maximum atomic E-state index is 11.7. The van der Waals surface area contributed by atoms with Gasteiger partial charge in [-0.05, 0) is 31.9 Å². The number of hydrogen-bond donors (Lipinski definition) is 2. The number of aromatic nitrogens is 1.